The average molecular weight is 333 g/mol. The minimum atomic E-state index is 0.478. The quantitative estimate of drug-likeness (QED) is 0.638. The minimum Gasteiger partial charge on any atom is -0.125 e. The fourth-order valence-electron chi connectivity index (χ4n) is 2.64. The van der Waals surface area contributed by atoms with E-state index in [1.807, 2.05) is 11.8 Å². The van der Waals surface area contributed by atoms with Crippen LogP contribution < -0.4 is 0 Å². The number of hydrogen-bond donors (Lipinski definition) is 0. The van der Waals surface area contributed by atoms with Crippen molar-refractivity contribution in [2.24, 2.45) is 0 Å². The van der Waals surface area contributed by atoms with Crippen LogP contribution in [0.3, 0.4) is 0 Å². The van der Waals surface area contributed by atoms with E-state index in [2.05, 4.69) is 70.5 Å². The van der Waals surface area contributed by atoms with Crippen LogP contribution in [0.25, 0.3) is 0 Å². The van der Waals surface area contributed by atoms with Crippen LogP contribution in [0.2, 0.25) is 0 Å². The van der Waals surface area contributed by atoms with Gasteiger partial charge in [-0.3, -0.25) is 0 Å². The third-order valence-electron chi connectivity index (χ3n) is 3.73. The number of benzene rings is 2. The van der Waals surface area contributed by atoms with Gasteiger partial charge in [-0.1, -0.05) is 64.5 Å². The van der Waals surface area contributed by atoms with Gasteiger partial charge in [-0.05, 0) is 36.0 Å². The molecule has 2 aromatic carbocycles. The van der Waals surface area contributed by atoms with Crippen molar-refractivity contribution in [3.8, 4) is 0 Å². The van der Waals surface area contributed by atoms with E-state index in [0.29, 0.717) is 4.83 Å². The van der Waals surface area contributed by atoms with Crippen LogP contribution in [0.15, 0.2) is 59.5 Å². The molecule has 3 rings (SSSR count). The average Bonchev–Trinajstić information content (AvgIpc) is 2.89. The zero-order chi connectivity index (χ0) is 13.1. The van der Waals surface area contributed by atoms with Crippen molar-refractivity contribution in [2.45, 2.75) is 28.5 Å². The molecular formula is C17H17BrS. The molecule has 0 bridgehead atoms. The molecule has 0 N–H and O–H groups in total. The summed E-state index contributed by atoms with van der Waals surface area (Å²) in [7, 11) is 0. The molecule has 0 fully saturated rings. The van der Waals surface area contributed by atoms with Gasteiger partial charge in [0.2, 0.25) is 0 Å². The number of fused-ring (bicyclic) bond motifs is 1. The summed E-state index contributed by atoms with van der Waals surface area (Å²) in [6.07, 6.45) is 2.46. The lowest BCUT2D eigenvalue weighted by Crippen LogP contribution is -1.99. The van der Waals surface area contributed by atoms with Crippen molar-refractivity contribution in [1.82, 2.24) is 0 Å². The Morgan fingerprint density at radius 2 is 1.79 bits per heavy atom. The van der Waals surface area contributed by atoms with E-state index in [0.717, 1.165) is 5.92 Å². The van der Waals surface area contributed by atoms with E-state index >= 15 is 0 Å². The van der Waals surface area contributed by atoms with Gasteiger partial charge in [0.05, 0.1) is 0 Å². The molecular weight excluding hydrogens is 316 g/mol. The Hall–Kier alpha value is -0.730. The topological polar surface area (TPSA) is 0 Å². The van der Waals surface area contributed by atoms with Crippen molar-refractivity contribution < 1.29 is 0 Å². The number of alkyl halides is 1. The maximum absolute atomic E-state index is 3.83. The van der Waals surface area contributed by atoms with Gasteiger partial charge in [0.15, 0.2) is 0 Å². The summed E-state index contributed by atoms with van der Waals surface area (Å²) in [6.45, 7) is 0. The van der Waals surface area contributed by atoms with Gasteiger partial charge in [-0.15, -0.1) is 11.8 Å². The zero-order valence-corrected chi connectivity index (χ0v) is 13.2. The predicted molar refractivity (Wildman–Crippen MR) is 87.3 cm³/mol. The molecule has 98 valence electrons. The van der Waals surface area contributed by atoms with E-state index in [-0.39, 0.29) is 0 Å². The lowest BCUT2D eigenvalue weighted by atomic mass is 9.94. The van der Waals surface area contributed by atoms with Gasteiger partial charge in [-0.2, -0.15) is 0 Å². The highest BCUT2D eigenvalue weighted by Gasteiger charge is 2.23. The molecule has 19 heavy (non-hydrogen) atoms. The Bertz CT molecular complexity index is 538. The fourth-order valence-corrected chi connectivity index (χ4v) is 4.52. The van der Waals surface area contributed by atoms with Gasteiger partial charge in [-0.25, -0.2) is 0 Å². The first-order valence-corrected chi connectivity index (χ1v) is 8.65. The Morgan fingerprint density at radius 3 is 2.63 bits per heavy atom. The van der Waals surface area contributed by atoms with Crippen molar-refractivity contribution in [3.05, 3.63) is 65.7 Å². The highest BCUT2D eigenvalue weighted by Crippen LogP contribution is 2.43. The third kappa shape index (κ3) is 3.06. The van der Waals surface area contributed by atoms with Crippen LogP contribution in [-0.4, -0.2) is 5.75 Å². The molecule has 2 aromatic rings. The number of rotatable bonds is 4. The van der Waals surface area contributed by atoms with Crippen LogP contribution in [0.1, 0.15) is 34.7 Å². The second-order valence-electron chi connectivity index (χ2n) is 5.00. The van der Waals surface area contributed by atoms with Crippen LogP contribution >= 0.6 is 27.7 Å². The molecule has 2 atom stereocenters. The lowest BCUT2D eigenvalue weighted by Gasteiger charge is -2.14. The molecule has 0 radical (unpaired) electrons. The molecule has 2 heteroatoms. The van der Waals surface area contributed by atoms with Crippen LogP contribution in [0.5, 0.6) is 0 Å². The van der Waals surface area contributed by atoms with Crippen molar-refractivity contribution >= 4 is 27.7 Å². The molecule has 1 aliphatic heterocycles. The second kappa shape index (κ2) is 6.15. The second-order valence-corrected chi connectivity index (χ2v) is 7.17. The fraction of sp³-hybridized carbons (Fsp3) is 0.294. The molecule has 0 saturated heterocycles. The summed E-state index contributed by atoms with van der Waals surface area (Å²) < 4.78 is 0. The Labute approximate surface area is 127 Å². The zero-order valence-electron chi connectivity index (χ0n) is 10.8. The van der Waals surface area contributed by atoms with Crippen molar-refractivity contribution in [2.75, 3.05) is 5.75 Å². The summed E-state index contributed by atoms with van der Waals surface area (Å²) in [5, 5.41) is 0. The van der Waals surface area contributed by atoms with E-state index in [1.54, 1.807) is 5.56 Å². The molecule has 0 aromatic heterocycles. The Kier molecular flexibility index (Phi) is 4.29. The first kappa shape index (κ1) is 13.3. The van der Waals surface area contributed by atoms with Crippen LogP contribution in [0.4, 0.5) is 0 Å². The van der Waals surface area contributed by atoms with E-state index in [9.17, 15) is 0 Å². The molecule has 1 heterocycles. The Morgan fingerprint density at radius 1 is 1.05 bits per heavy atom. The molecule has 0 saturated carbocycles. The Balaban J connectivity index is 1.62. The molecule has 0 aliphatic carbocycles. The lowest BCUT2D eigenvalue weighted by molar-refractivity contribution is 0.639. The predicted octanol–water partition coefficient (Wildman–Crippen LogP) is 5.79. The van der Waals surface area contributed by atoms with E-state index in [1.165, 1.54) is 29.1 Å². The van der Waals surface area contributed by atoms with Crippen LogP contribution in [-0.2, 0) is 0 Å². The standard InChI is InChI=1S/C17H17BrS/c18-16(13-6-2-1-3-7-13)11-10-14-12-19-17-9-5-4-8-15(14)17/h1-9,14,16H,10-12H2. The maximum Gasteiger partial charge on any atom is 0.0395 e. The van der Waals surface area contributed by atoms with Gasteiger partial charge in [0.1, 0.15) is 0 Å². The SMILES string of the molecule is BrC(CCC1CSc2ccccc21)c1ccccc1. The van der Waals surface area contributed by atoms with Gasteiger partial charge >= 0.3 is 0 Å². The van der Waals surface area contributed by atoms with Crippen molar-refractivity contribution in [1.29, 1.82) is 0 Å². The van der Waals surface area contributed by atoms with E-state index in [4.69, 9.17) is 0 Å². The van der Waals surface area contributed by atoms with Gasteiger partial charge in [0.25, 0.3) is 0 Å². The normalized spacial score (nSPS) is 19.1. The number of halogens is 1. The minimum absolute atomic E-state index is 0.478. The molecule has 0 spiro atoms. The smallest absolute Gasteiger partial charge is 0.0395 e. The summed E-state index contributed by atoms with van der Waals surface area (Å²) >= 11 is 5.83. The first-order valence-electron chi connectivity index (χ1n) is 6.75. The number of hydrogen-bond acceptors (Lipinski definition) is 1. The first-order chi connectivity index (χ1) is 9.34. The van der Waals surface area contributed by atoms with Gasteiger partial charge in [0, 0.05) is 15.5 Å². The summed E-state index contributed by atoms with van der Waals surface area (Å²) in [5.74, 6) is 1.97. The van der Waals surface area contributed by atoms with E-state index < -0.39 is 0 Å². The summed E-state index contributed by atoms with van der Waals surface area (Å²) in [5.41, 5.74) is 2.95. The number of thioether (sulfide) groups is 1. The molecule has 2 unspecified atom stereocenters. The highest BCUT2D eigenvalue weighted by atomic mass is 79.9. The largest absolute Gasteiger partial charge is 0.125 e. The highest BCUT2D eigenvalue weighted by molar-refractivity contribution is 9.09. The van der Waals surface area contributed by atoms with Gasteiger partial charge < -0.3 is 0 Å². The van der Waals surface area contributed by atoms with Crippen LogP contribution in [0, 0.1) is 0 Å². The summed E-state index contributed by atoms with van der Waals surface area (Å²) in [6, 6.07) is 19.6. The molecule has 0 nitrogen and oxygen atoms in total. The van der Waals surface area contributed by atoms with Crippen molar-refractivity contribution in [3.63, 3.8) is 0 Å². The maximum atomic E-state index is 3.83. The molecule has 0 amide bonds. The molecule has 1 aliphatic rings. The summed E-state index contributed by atoms with van der Waals surface area (Å²) in [4.78, 5) is 1.96. The monoisotopic (exact) mass is 332 g/mol. The third-order valence-corrected chi connectivity index (χ3v) is 5.97.